The van der Waals surface area contributed by atoms with Crippen molar-refractivity contribution in [1.82, 2.24) is 9.13 Å². The Bertz CT molecular complexity index is 2900. The Morgan fingerprint density at radius 1 is 0.380 bits per heavy atom. The number of rotatable bonds is 4. The molecule has 0 atom stereocenters. The molecule has 5 heteroatoms. The van der Waals surface area contributed by atoms with Crippen LogP contribution in [0.15, 0.2) is 152 Å². The van der Waals surface area contributed by atoms with Gasteiger partial charge in [-0.1, -0.05) is 84.9 Å². The van der Waals surface area contributed by atoms with Crippen LogP contribution in [-0.2, 0) is 0 Å². The summed E-state index contributed by atoms with van der Waals surface area (Å²) in [4.78, 5) is 0. The van der Waals surface area contributed by atoms with Gasteiger partial charge in [-0.05, 0) is 72.3 Å². The monoisotopic (exact) mass is 635 g/mol. The van der Waals surface area contributed by atoms with Gasteiger partial charge in [-0.3, -0.25) is 0 Å². The van der Waals surface area contributed by atoms with Gasteiger partial charge in [0.25, 0.3) is 0 Å². The summed E-state index contributed by atoms with van der Waals surface area (Å²) in [6, 6.07) is 57.6. The molecule has 0 spiro atoms. The van der Waals surface area contributed by atoms with Crippen LogP contribution in [-0.4, -0.2) is 9.13 Å². The van der Waals surface area contributed by atoms with Crippen molar-refractivity contribution in [3.63, 3.8) is 0 Å². The lowest BCUT2D eigenvalue weighted by Gasteiger charge is -2.16. The summed E-state index contributed by atoms with van der Waals surface area (Å²) in [5.74, 6) is 0. The minimum Gasteiger partial charge on any atom is -0.309 e. The smallest absolute Gasteiger partial charge is 0.0998 e. The molecule has 2 aromatic heterocycles. The third-order valence-corrected chi connectivity index (χ3v) is 9.65. The second-order valence-corrected chi connectivity index (χ2v) is 12.3. The number of hydrogen-bond donors (Lipinski definition) is 0. The van der Waals surface area contributed by atoms with Crippen LogP contribution >= 0.6 is 0 Å². The SMILES string of the molecule is N#Cc1ccc2c(c1)c1ccccc1n2-c1ccccc1-c1cc(C#N)c(-c2ccc(-n3c4ccccc4c4ccccc43)cc2)cc1C#N. The molecule has 0 unspecified atom stereocenters. The summed E-state index contributed by atoms with van der Waals surface area (Å²) in [7, 11) is 0. The van der Waals surface area contributed by atoms with Gasteiger partial charge in [0.1, 0.15) is 0 Å². The first kappa shape index (κ1) is 28.8. The van der Waals surface area contributed by atoms with Crippen LogP contribution in [0, 0.1) is 34.0 Å². The second-order valence-electron chi connectivity index (χ2n) is 12.3. The molecule has 9 rings (SSSR count). The molecule has 230 valence electrons. The molecule has 9 aromatic rings. The quantitative estimate of drug-likeness (QED) is 0.193. The highest BCUT2D eigenvalue weighted by molar-refractivity contribution is 6.11. The number of nitrogens with zero attached hydrogens (tertiary/aromatic N) is 5. The number of aromatic nitrogens is 2. The zero-order valence-corrected chi connectivity index (χ0v) is 26.7. The molecule has 0 aliphatic heterocycles. The zero-order valence-electron chi connectivity index (χ0n) is 26.7. The van der Waals surface area contributed by atoms with Crippen molar-refractivity contribution in [1.29, 1.82) is 15.8 Å². The van der Waals surface area contributed by atoms with Crippen LogP contribution < -0.4 is 0 Å². The highest BCUT2D eigenvalue weighted by Gasteiger charge is 2.20. The Morgan fingerprint density at radius 3 is 1.54 bits per heavy atom. The first-order chi connectivity index (χ1) is 24.7. The fraction of sp³-hybridized carbons (Fsp3) is 0. The van der Waals surface area contributed by atoms with Gasteiger partial charge in [-0.2, -0.15) is 15.8 Å². The lowest BCUT2D eigenvalue weighted by atomic mass is 9.90. The van der Waals surface area contributed by atoms with Crippen LogP contribution in [0.5, 0.6) is 0 Å². The summed E-state index contributed by atoms with van der Waals surface area (Å²) in [6.45, 7) is 0. The molecule has 0 amide bonds. The van der Waals surface area contributed by atoms with E-state index in [1.165, 1.54) is 10.8 Å². The summed E-state index contributed by atoms with van der Waals surface area (Å²) in [5, 5.41) is 35.0. The maximum absolute atomic E-state index is 10.5. The highest BCUT2D eigenvalue weighted by atomic mass is 15.0. The predicted molar refractivity (Wildman–Crippen MR) is 200 cm³/mol. The van der Waals surface area contributed by atoms with Crippen molar-refractivity contribution in [2.45, 2.75) is 0 Å². The zero-order chi connectivity index (χ0) is 33.8. The summed E-state index contributed by atoms with van der Waals surface area (Å²) >= 11 is 0. The van der Waals surface area contributed by atoms with E-state index >= 15 is 0 Å². The molecule has 0 N–H and O–H groups in total. The van der Waals surface area contributed by atoms with Crippen molar-refractivity contribution < 1.29 is 0 Å². The first-order valence-electron chi connectivity index (χ1n) is 16.3. The average Bonchev–Trinajstić information content (AvgIpc) is 3.70. The van der Waals surface area contributed by atoms with E-state index in [1.54, 1.807) is 0 Å². The molecular formula is C45H25N5. The molecule has 0 saturated heterocycles. The Labute approximate surface area is 287 Å². The van der Waals surface area contributed by atoms with E-state index < -0.39 is 0 Å². The van der Waals surface area contributed by atoms with Crippen molar-refractivity contribution in [3.8, 4) is 51.8 Å². The van der Waals surface area contributed by atoms with Gasteiger partial charge in [0.15, 0.2) is 0 Å². The maximum Gasteiger partial charge on any atom is 0.0998 e. The molecule has 5 nitrogen and oxygen atoms in total. The van der Waals surface area contributed by atoms with E-state index in [2.05, 4.69) is 100 Å². The molecule has 50 heavy (non-hydrogen) atoms. The maximum atomic E-state index is 10.5. The topological polar surface area (TPSA) is 81.2 Å². The van der Waals surface area contributed by atoms with Gasteiger partial charge in [0.05, 0.1) is 62.7 Å². The molecule has 2 heterocycles. The number of benzene rings is 7. The molecule has 7 aromatic carbocycles. The number of para-hydroxylation sites is 4. The Kier molecular flexibility index (Phi) is 6.56. The van der Waals surface area contributed by atoms with Gasteiger partial charge >= 0.3 is 0 Å². The minimum atomic E-state index is 0.477. The minimum absolute atomic E-state index is 0.477. The van der Waals surface area contributed by atoms with Crippen LogP contribution in [0.25, 0.3) is 77.2 Å². The molecule has 0 aliphatic carbocycles. The molecule has 0 saturated carbocycles. The molecular weight excluding hydrogens is 611 g/mol. The third-order valence-electron chi connectivity index (χ3n) is 9.65. The fourth-order valence-corrected chi connectivity index (χ4v) is 7.44. The Hall–Kier alpha value is -7.39. The predicted octanol–water partition coefficient (Wildman–Crippen LogP) is 10.8. The van der Waals surface area contributed by atoms with E-state index in [1.807, 2.05) is 78.9 Å². The Balaban J connectivity index is 1.19. The van der Waals surface area contributed by atoms with Crippen LogP contribution in [0.3, 0.4) is 0 Å². The molecule has 0 radical (unpaired) electrons. The number of hydrogen-bond acceptors (Lipinski definition) is 3. The van der Waals surface area contributed by atoms with E-state index in [0.29, 0.717) is 27.8 Å². The van der Waals surface area contributed by atoms with Gasteiger partial charge in [0, 0.05) is 43.9 Å². The van der Waals surface area contributed by atoms with Gasteiger partial charge in [-0.15, -0.1) is 0 Å². The summed E-state index contributed by atoms with van der Waals surface area (Å²) < 4.78 is 4.44. The Morgan fingerprint density at radius 2 is 0.900 bits per heavy atom. The van der Waals surface area contributed by atoms with E-state index in [0.717, 1.165) is 55.3 Å². The molecule has 0 aliphatic rings. The van der Waals surface area contributed by atoms with Crippen molar-refractivity contribution in [2.75, 3.05) is 0 Å². The van der Waals surface area contributed by atoms with E-state index in [4.69, 9.17) is 0 Å². The van der Waals surface area contributed by atoms with Crippen molar-refractivity contribution in [3.05, 3.63) is 168 Å². The molecule has 0 bridgehead atoms. The highest BCUT2D eigenvalue weighted by Crippen LogP contribution is 2.40. The van der Waals surface area contributed by atoms with Crippen LogP contribution in [0.1, 0.15) is 16.7 Å². The lowest BCUT2D eigenvalue weighted by Crippen LogP contribution is -1.99. The fourth-order valence-electron chi connectivity index (χ4n) is 7.44. The van der Waals surface area contributed by atoms with E-state index in [-0.39, 0.29) is 0 Å². The number of nitriles is 3. The normalized spacial score (nSPS) is 11.1. The van der Waals surface area contributed by atoms with Crippen LogP contribution in [0.2, 0.25) is 0 Å². The molecule has 0 fully saturated rings. The van der Waals surface area contributed by atoms with Crippen LogP contribution in [0.4, 0.5) is 0 Å². The first-order valence-corrected chi connectivity index (χ1v) is 16.3. The lowest BCUT2D eigenvalue weighted by molar-refractivity contribution is 1.18. The van der Waals surface area contributed by atoms with Gasteiger partial charge in [0.2, 0.25) is 0 Å². The van der Waals surface area contributed by atoms with Gasteiger partial charge in [-0.25, -0.2) is 0 Å². The second kappa shape index (κ2) is 11.4. The van der Waals surface area contributed by atoms with E-state index in [9.17, 15) is 15.8 Å². The largest absolute Gasteiger partial charge is 0.309 e. The van der Waals surface area contributed by atoms with Crippen molar-refractivity contribution >= 4 is 43.6 Å². The van der Waals surface area contributed by atoms with Gasteiger partial charge < -0.3 is 9.13 Å². The number of fused-ring (bicyclic) bond motifs is 6. The average molecular weight is 636 g/mol. The third kappa shape index (κ3) is 4.31. The van der Waals surface area contributed by atoms with Crippen molar-refractivity contribution in [2.24, 2.45) is 0 Å². The summed E-state index contributed by atoms with van der Waals surface area (Å²) in [6.07, 6.45) is 0. The standard InChI is InChI=1S/C45H25N5/c46-26-29-17-22-45-40(23-29)37-12-4-8-16-44(37)50(45)43-15-7-3-11-36(43)39-25-31(27-47)38(24-32(39)28-48)30-18-20-33(21-19-30)49-41-13-5-1-9-34(41)35-10-2-6-14-42(35)49/h1-25H. The summed E-state index contributed by atoms with van der Waals surface area (Å²) in [5.41, 5.74) is 10.7.